The summed E-state index contributed by atoms with van der Waals surface area (Å²) in [4.78, 5) is 21.8. The van der Waals surface area contributed by atoms with Gasteiger partial charge in [-0.2, -0.15) is 0 Å². The van der Waals surface area contributed by atoms with Gasteiger partial charge >= 0.3 is 5.97 Å². The minimum Gasteiger partial charge on any atom is -0.477 e. The van der Waals surface area contributed by atoms with Crippen molar-refractivity contribution in [2.45, 2.75) is 0 Å². The standard InChI is InChI=1S/C11H7N3O2/c15-11(16)9-3-7-8-5-12-2-1-6(8)4-13-10(7)14-9/h1-5H,(H,13,14)(H,15,16). The summed E-state index contributed by atoms with van der Waals surface area (Å²) in [6.45, 7) is 0. The van der Waals surface area contributed by atoms with Gasteiger partial charge in [-0.15, -0.1) is 0 Å². The van der Waals surface area contributed by atoms with Gasteiger partial charge in [0, 0.05) is 34.7 Å². The Morgan fingerprint density at radius 2 is 2.19 bits per heavy atom. The van der Waals surface area contributed by atoms with E-state index in [1.807, 2.05) is 6.07 Å². The van der Waals surface area contributed by atoms with Crippen LogP contribution in [-0.4, -0.2) is 26.0 Å². The average molecular weight is 213 g/mol. The molecule has 0 aliphatic carbocycles. The van der Waals surface area contributed by atoms with E-state index >= 15 is 0 Å². The summed E-state index contributed by atoms with van der Waals surface area (Å²) in [5.74, 6) is -0.991. The summed E-state index contributed by atoms with van der Waals surface area (Å²) in [6.07, 6.45) is 5.08. The molecular formula is C11H7N3O2. The molecule has 5 nitrogen and oxygen atoms in total. The molecule has 3 heterocycles. The molecule has 0 amide bonds. The molecule has 0 spiro atoms. The maximum atomic E-state index is 10.8. The molecule has 5 heteroatoms. The van der Waals surface area contributed by atoms with Crippen molar-refractivity contribution in [2.75, 3.05) is 0 Å². The van der Waals surface area contributed by atoms with E-state index in [2.05, 4.69) is 15.0 Å². The van der Waals surface area contributed by atoms with Gasteiger partial charge in [0.1, 0.15) is 11.3 Å². The number of nitrogens with one attached hydrogen (secondary N) is 1. The number of aromatic carboxylic acids is 1. The third-order valence-corrected chi connectivity index (χ3v) is 2.50. The molecule has 0 aliphatic rings. The Balaban J connectivity index is 2.46. The third kappa shape index (κ3) is 1.15. The van der Waals surface area contributed by atoms with Gasteiger partial charge in [-0.1, -0.05) is 0 Å². The molecule has 0 saturated carbocycles. The van der Waals surface area contributed by atoms with Crippen LogP contribution in [0.1, 0.15) is 10.5 Å². The molecule has 0 unspecified atom stereocenters. The van der Waals surface area contributed by atoms with Gasteiger partial charge in [0.05, 0.1) is 0 Å². The molecule has 3 rings (SSSR count). The van der Waals surface area contributed by atoms with Gasteiger partial charge in [-0.05, 0) is 12.1 Å². The fraction of sp³-hybridized carbons (Fsp3) is 0. The summed E-state index contributed by atoms with van der Waals surface area (Å²) < 4.78 is 0. The summed E-state index contributed by atoms with van der Waals surface area (Å²) in [5, 5.41) is 11.5. The fourth-order valence-electron chi connectivity index (χ4n) is 1.74. The van der Waals surface area contributed by atoms with Crippen molar-refractivity contribution in [3.63, 3.8) is 0 Å². The Bertz CT molecular complexity index is 703. The highest BCUT2D eigenvalue weighted by atomic mass is 16.4. The minimum atomic E-state index is -0.991. The molecule has 0 radical (unpaired) electrons. The van der Waals surface area contributed by atoms with Crippen molar-refractivity contribution in [1.29, 1.82) is 0 Å². The van der Waals surface area contributed by atoms with E-state index in [1.165, 1.54) is 0 Å². The van der Waals surface area contributed by atoms with E-state index < -0.39 is 5.97 Å². The molecule has 16 heavy (non-hydrogen) atoms. The summed E-state index contributed by atoms with van der Waals surface area (Å²) in [6, 6.07) is 3.42. The predicted molar refractivity (Wildman–Crippen MR) is 58.4 cm³/mol. The maximum Gasteiger partial charge on any atom is 0.352 e. The number of nitrogens with zero attached hydrogens (tertiary/aromatic N) is 2. The SMILES string of the molecule is O=C(O)c1cc2c(ncc3ccncc32)[nH]1. The Hall–Kier alpha value is -2.43. The zero-order chi connectivity index (χ0) is 11.1. The molecule has 3 aromatic heterocycles. The number of aromatic nitrogens is 3. The van der Waals surface area contributed by atoms with Gasteiger partial charge in [-0.25, -0.2) is 9.78 Å². The second-order valence-corrected chi connectivity index (χ2v) is 3.47. The number of hydrogen-bond acceptors (Lipinski definition) is 3. The lowest BCUT2D eigenvalue weighted by Crippen LogP contribution is -1.94. The molecule has 0 aliphatic heterocycles. The number of aromatic amines is 1. The highest BCUT2D eigenvalue weighted by molar-refractivity contribution is 6.06. The Morgan fingerprint density at radius 3 is 3.00 bits per heavy atom. The Morgan fingerprint density at radius 1 is 1.31 bits per heavy atom. The van der Waals surface area contributed by atoms with E-state index in [0.29, 0.717) is 5.65 Å². The van der Waals surface area contributed by atoms with E-state index in [4.69, 9.17) is 5.11 Å². The van der Waals surface area contributed by atoms with E-state index in [-0.39, 0.29) is 5.69 Å². The lowest BCUT2D eigenvalue weighted by molar-refractivity contribution is 0.0691. The molecule has 78 valence electrons. The van der Waals surface area contributed by atoms with Crippen LogP contribution in [0, 0.1) is 0 Å². The van der Waals surface area contributed by atoms with Crippen molar-refractivity contribution >= 4 is 27.8 Å². The molecule has 2 N–H and O–H groups in total. The molecular weight excluding hydrogens is 206 g/mol. The predicted octanol–water partition coefficient (Wildman–Crippen LogP) is 1.81. The van der Waals surface area contributed by atoms with E-state index in [1.54, 1.807) is 24.7 Å². The van der Waals surface area contributed by atoms with Gasteiger partial charge in [0.15, 0.2) is 0 Å². The lowest BCUT2D eigenvalue weighted by atomic mass is 10.2. The van der Waals surface area contributed by atoms with Crippen molar-refractivity contribution in [1.82, 2.24) is 15.0 Å². The van der Waals surface area contributed by atoms with Crippen LogP contribution in [0.4, 0.5) is 0 Å². The number of carboxylic acid groups (broad SMARTS) is 1. The number of H-pyrrole nitrogens is 1. The molecule has 0 saturated heterocycles. The molecule has 0 atom stereocenters. The van der Waals surface area contributed by atoms with Gasteiger partial charge in [0.2, 0.25) is 0 Å². The summed E-state index contributed by atoms with van der Waals surface area (Å²) in [5.41, 5.74) is 0.705. The number of pyridine rings is 2. The normalized spacial score (nSPS) is 11.0. The van der Waals surface area contributed by atoms with Crippen LogP contribution in [0.2, 0.25) is 0 Å². The topological polar surface area (TPSA) is 78.9 Å². The van der Waals surface area contributed by atoms with Crippen LogP contribution in [0.25, 0.3) is 21.8 Å². The number of hydrogen-bond donors (Lipinski definition) is 2. The van der Waals surface area contributed by atoms with Crippen LogP contribution < -0.4 is 0 Å². The Kier molecular flexibility index (Phi) is 1.67. The number of rotatable bonds is 1. The first kappa shape index (κ1) is 8.84. The van der Waals surface area contributed by atoms with Crippen LogP contribution in [0.5, 0.6) is 0 Å². The molecule has 3 aromatic rings. The smallest absolute Gasteiger partial charge is 0.352 e. The van der Waals surface area contributed by atoms with Crippen LogP contribution in [-0.2, 0) is 0 Å². The molecule has 0 aromatic carbocycles. The highest BCUT2D eigenvalue weighted by Crippen LogP contribution is 2.23. The van der Waals surface area contributed by atoms with E-state index in [0.717, 1.165) is 16.2 Å². The fourth-order valence-corrected chi connectivity index (χ4v) is 1.74. The quantitative estimate of drug-likeness (QED) is 0.646. The summed E-state index contributed by atoms with van der Waals surface area (Å²) in [7, 11) is 0. The van der Waals surface area contributed by atoms with Gasteiger partial charge < -0.3 is 10.1 Å². The van der Waals surface area contributed by atoms with Crippen LogP contribution in [0.3, 0.4) is 0 Å². The monoisotopic (exact) mass is 213 g/mol. The largest absolute Gasteiger partial charge is 0.477 e. The van der Waals surface area contributed by atoms with Crippen molar-refractivity contribution in [3.05, 3.63) is 36.4 Å². The first-order valence-corrected chi connectivity index (χ1v) is 4.70. The number of carbonyl (C=O) groups is 1. The minimum absolute atomic E-state index is 0.138. The number of fused-ring (bicyclic) bond motifs is 3. The van der Waals surface area contributed by atoms with Crippen LogP contribution >= 0.6 is 0 Å². The second kappa shape index (κ2) is 3.03. The number of carboxylic acids is 1. The average Bonchev–Trinajstić information content (AvgIpc) is 2.73. The first-order chi connectivity index (χ1) is 7.75. The third-order valence-electron chi connectivity index (χ3n) is 2.50. The molecule has 0 fully saturated rings. The zero-order valence-electron chi connectivity index (χ0n) is 8.14. The summed E-state index contributed by atoms with van der Waals surface area (Å²) >= 11 is 0. The van der Waals surface area contributed by atoms with Crippen LogP contribution in [0.15, 0.2) is 30.7 Å². The van der Waals surface area contributed by atoms with E-state index in [9.17, 15) is 4.79 Å². The van der Waals surface area contributed by atoms with Gasteiger partial charge in [-0.3, -0.25) is 4.98 Å². The highest BCUT2D eigenvalue weighted by Gasteiger charge is 2.10. The first-order valence-electron chi connectivity index (χ1n) is 4.70. The van der Waals surface area contributed by atoms with Gasteiger partial charge in [0.25, 0.3) is 0 Å². The van der Waals surface area contributed by atoms with Crippen molar-refractivity contribution in [3.8, 4) is 0 Å². The second-order valence-electron chi connectivity index (χ2n) is 3.47. The Labute approximate surface area is 89.8 Å². The maximum absolute atomic E-state index is 10.8. The molecule has 0 bridgehead atoms. The van der Waals surface area contributed by atoms with Crippen molar-refractivity contribution < 1.29 is 9.90 Å². The van der Waals surface area contributed by atoms with Crippen molar-refractivity contribution in [2.24, 2.45) is 0 Å². The zero-order valence-corrected chi connectivity index (χ0v) is 8.14. The lowest BCUT2D eigenvalue weighted by Gasteiger charge is -1.96.